The maximum Gasteiger partial charge on any atom is 0.254 e. The molecule has 0 bridgehead atoms. The number of nitrogens with one attached hydrogen (secondary N) is 1. The van der Waals surface area contributed by atoms with Crippen LogP contribution >= 0.6 is 0 Å². The molecule has 2 amide bonds. The molecule has 0 radical (unpaired) electrons. The summed E-state index contributed by atoms with van der Waals surface area (Å²) >= 11 is 0. The van der Waals surface area contributed by atoms with E-state index in [0.717, 1.165) is 0 Å². The maximum atomic E-state index is 11.9. The summed E-state index contributed by atoms with van der Waals surface area (Å²) in [5.41, 5.74) is -0.915. The first-order chi connectivity index (χ1) is 7.85. The fourth-order valence-corrected chi connectivity index (χ4v) is 1.18. The van der Waals surface area contributed by atoms with Gasteiger partial charge in [0, 0.05) is 27.8 Å². The van der Waals surface area contributed by atoms with Crippen molar-refractivity contribution in [3.05, 3.63) is 0 Å². The number of likely N-dealkylation sites (N-methyl/N-ethyl adjacent to an activating group) is 1. The Morgan fingerprint density at radius 1 is 1.29 bits per heavy atom. The first-order valence-electron chi connectivity index (χ1n) is 5.41. The quantitative estimate of drug-likeness (QED) is 0.622. The topological polar surface area (TPSA) is 67.9 Å². The fourth-order valence-electron chi connectivity index (χ4n) is 1.18. The van der Waals surface area contributed by atoms with Crippen LogP contribution in [-0.2, 0) is 19.1 Å². The number of amides is 2. The number of carbonyl (C=O) groups is 2. The Morgan fingerprint density at radius 2 is 1.88 bits per heavy atom. The molecule has 0 aliphatic rings. The molecule has 0 fully saturated rings. The highest BCUT2D eigenvalue weighted by Crippen LogP contribution is 2.10. The lowest BCUT2D eigenvalue weighted by molar-refractivity contribution is -0.151. The largest absolute Gasteiger partial charge is 0.383 e. The highest BCUT2D eigenvalue weighted by molar-refractivity contribution is 5.88. The number of nitrogens with zero attached hydrogens (tertiary/aromatic N) is 1. The van der Waals surface area contributed by atoms with Gasteiger partial charge in [0.05, 0.1) is 13.2 Å². The van der Waals surface area contributed by atoms with Crippen molar-refractivity contribution in [3.63, 3.8) is 0 Å². The van der Waals surface area contributed by atoms with Gasteiger partial charge in [0.2, 0.25) is 5.91 Å². The van der Waals surface area contributed by atoms with Crippen molar-refractivity contribution in [3.8, 4) is 0 Å². The van der Waals surface area contributed by atoms with Gasteiger partial charge in [-0.3, -0.25) is 9.59 Å². The van der Waals surface area contributed by atoms with Gasteiger partial charge >= 0.3 is 0 Å². The summed E-state index contributed by atoms with van der Waals surface area (Å²) in [5.74, 6) is -0.452. The minimum Gasteiger partial charge on any atom is -0.383 e. The molecule has 0 heterocycles. The van der Waals surface area contributed by atoms with E-state index < -0.39 is 5.60 Å². The second-order valence-corrected chi connectivity index (χ2v) is 4.22. The Kier molecular flexibility index (Phi) is 6.75. The molecular formula is C11H22N2O4. The summed E-state index contributed by atoms with van der Waals surface area (Å²) < 4.78 is 9.86. The lowest BCUT2D eigenvalue weighted by Gasteiger charge is -2.27. The summed E-state index contributed by atoms with van der Waals surface area (Å²) in [6.07, 6.45) is 0. The summed E-state index contributed by atoms with van der Waals surface area (Å²) in [7, 11) is 4.59. The zero-order chi connectivity index (χ0) is 13.5. The summed E-state index contributed by atoms with van der Waals surface area (Å²) in [5, 5.41) is 2.64. The van der Waals surface area contributed by atoms with Crippen LogP contribution in [0.2, 0.25) is 0 Å². The third-order valence-corrected chi connectivity index (χ3v) is 2.38. The van der Waals surface area contributed by atoms with Crippen LogP contribution in [0.1, 0.15) is 13.8 Å². The Labute approximate surface area is 102 Å². The summed E-state index contributed by atoms with van der Waals surface area (Å²) in [4.78, 5) is 24.6. The average molecular weight is 246 g/mol. The van der Waals surface area contributed by atoms with E-state index in [0.29, 0.717) is 13.2 Å². The molecule has 6 nitrogen and oxygen atoms in total. The minimum atomic E-state index is -0.915. The molecule has 17 heavy (non-hydrogen) atoms. The van der Waals surface area contributed by atoms with Gasteiger partial charge in [0.15, 0.2) is 0 Å². The second kappa shape index (κ2) is 7.24. The molecule has 0 spiro atoms. The molecule has 6 heteroatoms. The molecule has 0 aliphatic carbocycles. The molecule has 0 aromatic carbocycles. The van der Waals surface area contributed by atoms with E-state index in [9.17, 15) is 9.59 Å². The Bertz CT molecular complexity index is 266. The summed E-state index contributed by atoms with van der Waals surface area (Å²) in [6, 6.07) is 0. The predicted octanol–water partition coefficient (Wildman–Crippen LogP) is -0.368. The third-order valence-electron chi connectivity index (χ3n) is 2.38. The van der Waals surface area contributed by atoms with Crippen LogP contribution in [0.3, 0.4) is 0 Å². The first kappa shape index (κ1) is 15.9. The van der Waals surface area contributed by atoms with Gasteiger partial charge in [-0.05, 0) is 13.8 Å². The van der Waals surface area contributed by atoms with Crippen molar-refractivity contribution in [1.29, 1.82) is 0 Å². The zero-order valence-corrected chi connectivity index (χ0v) is 11.2. The molecule has 0 aromatic heterocycles. The van der Waals surface area contributed by atoms with Crippen molar-refractivity contribution in [2.24, 2.45) is 0 Å². The molecule has 0 aliphatic heterocycles. The van der Waals surface area contributed by atoms with E-state index in [1.54, 1.807) is 28.0 Å². The summed E-state index contributed by atoms with van der Waals surface area (Å²) in [6.45, 7) is 4.22. The zero-order valence-electron chi connectivity index (χ0n) is 11.2. The van der Waals surface area contributed by atoms with Crippen LogP contribution < -0.4 is 5.32 Å². The van der Waals surface area contributed by atoms with Crippen LogP contribution in [0.15, 0.2) is 0 Å². The number of rotatable bonds is 7. The third kappa shape index (κ3) is 5.65. The molecule has 0 rings (SSSR count). The molecule has 0 atom stereocenters. The van der Waals surface area contributed by atoms with Gasteiger partial charge in [-0.2, -0.15) is 0 Å². The standard InChI is InChI=1S/C11H22N2O4/c1-11(2,17-5)10(15)13(3)8-9(14)12-6-7-16-4/h6-8H2,1-5H3,(H,12,14). The van der Waals surface area contributed by atoms with E-state index >= 15 is 0 Å². The number of hydrogen-bond donors (Lipinski definition) is 1. The van der Waals surface area contributed by atoms with Crippen LogP contribution in [0.4, 0.5) is 0 Å². The van der Waals surface area contributed by atoms with Crippen molar-refractivity contribution in [2.75, 3.05) is 41.0 Å². The highest BCUT2D eigenvalue weighted by Gasteiger charge is 2.30. The van der Waals surface area contributed by atoms with Crippen molar-refractivity contribution >= 4 is 11.8 Å². The van der Waals surface area contributed by atoms with E-state index in [4.69, 9.17) is 9.47 Å². The van der Waals surface area contributed by atoms with Crippen LogP contribution in [0.25, 0.3) is 0 Å². The van der Waals surface area contributed by atoms with Crippen LogP contribution in [0, 0.1) is 0 Å². The molecule has 1 N–H and O–H groups in total. The van der Waals surface area contributed by atoms with Gasteiger partial charge in [-0.25, -0.2) is 0 Å². The molecule has 0 unspecified atom stereocenters. The minimum absolute atomic E-state index is 0.00926. The number of ether oxygens (including phenoxy) is 2. The molecular weight excluding hydrogens is 224 g/mol. The monoisotopic (exact) mass is 246 g/mol. The van der Waals surface area contributed by atoms with Gasteiger partial charge in [0.25, 0.3) is 5.91 Å². The predicted molar refractivity (Wildman–Crippen MR) is 63.6 cm³/mol. The van der Waals surface area contributed by atoms with E-state index in [2.05, 4.69) is 5.32 Å². The highest BCUT2D eigenvalue weighted by atomic mass is 16.5. The Balaban J connectivity index is 4.12. The Hall–Kier alpha value is -1.14. The van der Waals surface area contributed by atoms with E-state index in [1.807, 2.05) is 0 Å². The van der Waals surface area contributed by atoms with Crippen LogP contribution in [-0.4, -0.2) is 63.3 Å². The first-order valence-corrected chi connectivity index (χ1v) is 5.41. The van der Waals surface area contributed by atoms with E-state index in [-0.39, 0.29) is 18.4 Å². The molecule has 100 valence electrons. The van der Waals surface area contributed by atoms with Crippen molar-refractivity contribution < 1.29 is 19.1 Å². The fraction of sp³-hybridized carbons (Fsp3) is 0.818. The number of hydrogen-bond acceptors (Lipinski definition) is 4. The Morgan fingerprint density at radius 3 is 2.35 bits per heavy atom. The molecule has 0 saturated carbocycles. The van der Waals surface area contributed by atoms with Crippen molar-refractivity contribution in [1.82, 2.24) is 10.2 Å². The smallest absolute Gasteiger partial charge is 0.254 e. The lowest BCUT2D eigenvalue weighted by Crippen LogP contribution is -2.48. The van der Waals surface area contributed by atoms with Gasteiger partial charge < -0.3 is 19.7 Å². The normalized spacial score (nSPS) is 11.1. The van der Waals surface area contributed by atoms with Gasteiger partial charge in [-0.1, -0.05) is 0 Å². The SMILES string of the molecule is COCCNC(=O)CN(C)C(=O)C(C)(C)OC. The number of methoxy groups -OCH3 is 2. The second-order valence-electron chi connectivity index (χ2n) is 4.22. The van der Waals surface area contributed by atoms with Gasteiger partial charge in [-0.15, -0.1) is 0 Å². The maximum absolute atomic E-state index is 11.9. The number of carbonyl (C=O) groups excluding carboxylic acids is 2. The molecule has 0 saturated heterocycles. The molecule has 0 aromatic rings. The van der Waals surface area contributed by atoms with Gasteiger partial charge in [0.1, 0.15) is 5.60 Å². The van der Waals surface area contributed by atoms with Crippen LogP contribution in [0.5, 0.6) is 0 Å². The van der Waals surface area contributed by atoms with E-state index in [1.165, 1.54) is 12.0 Å². The average Bonchev–Trinajstić information content (AvgIpc) is 2.28. The lowest BCUT2D eigenvalue weighted by atomic mass is 10.1. The van der Waals surface area contributed by atoms with Crippen molar-refractivity contribution in [2.45, 2.75) is 19.4 Å².